The van der Waals surface area contributed by atoms with Crippen LogP contribution >= 0.6 is 0 Å². The van der Waals surface area contributed by atoms with Gasteiger partial charge in [0.05, 0.1) is 6.54 Å². The van der Waals surface area contributed by atoms with Gasteiger partial charge in [0.2, 0.25) is 0 Å². The molecule has 2 bridgehead atoms. The smallest absolute Gasteiger partial charge is 0.122 e. The number of rotatable bonds is 2. The number of imidazole rings is 1. The molecule has 14 heavy (non-hydrogen) atoms. The van der Waals surface area contributed by atoms with Gasteiger partial charge in [-0.3, -0.25) is 0 Å². The molecule has 76 valence electrons. The highest BCUT2D eigenvalue weighted by Crippen LogP contribution is 2.50. The van der Waals surface area contributed by atoms with E-state index in [4.69, 9.17) is 5.73 Å². The van der Waals surface area contributed by atoms with Crippen molar-refractivity contribution in [2.24, 2.45) is 17.6 Å². The molecule has 3 atom stereocenters. The molecule has 0 aromatic carbocycles. The summed E-state index contributed by atoms with van der Waals surface area (Å²) in [6, 6.07) is 0.704. The second kappa shape index (κ2) is 3.09. The Balaban J connectivity index is 1.89. The molecule has 2 aliphatic carbocycles. The second-order valence-corrected chi connectivity index (χ2v) is 4.70. The molecule has 1 aromatic heterocycles. The largest absolute Gasteiger partial charge is 0.331 e. The molecule has 3 rings (SSSR count). The first kappa shape index (κ1) is 8.48. The van der Waals surface area contributed by atoms with Gasteiger partial charge in [-0.05, 0) is 31.1 Å². The van der Waals surface area contributed by atoms with Gasteiger partial charge in [0.25, 0.3) is 0 Å². The zero-order valence-electron chi connectivity index (χ0n) is 8.39. The molecule has 0 radical (unpaired) electrons. The summed E-state index contributed by atoms with van der Waals surface area (Å²) in [5.74, 6) is 2.94. The van der Waals surface area contributed by atoms with Crippen LogP contribution in [0.3, 0.4) is 0 Å². The van der Waals surface area contributed by atoms with E-state index in [9.17, 15) is 0 Å². The van der Waals surface area contributed by atoms with Gasteiger partial charge in [-0.1, -0.05) is 6.42 Å². The summed E-state index contributed by atoms with van der Waals surface area (Å²) >= 11 is 0. The fourth-order valence-electron chi connectivity index (χ4n) is 3.36. The summed E-state index contributed by atoms with van der Waals surface area (Å²) in [6.45, 7) is 0.570. The van der Waals surface area contributed by atoms with Gasteiger partial charge in [-0.25, -0.2) is 4.98 Å². The molecule has 0 amide bonds. The Kier molecular flexibility index (Phi) is 1.87. The maximum atomic E-state index is 5.68. The van der Waals surface area contributed by atoms with Crippen LogP contribution < -0.4 is 5.73 Å². The van der Waals surface area contributed by atoms with Crippen LogP contribution in [0.1, 0.15) is 37.5 Å². The average Bonchev–Trinajstić information content (AvgIpc) is 2.92. The van der Waals surface area contributed by atoms with E-state index in [1.54, 1.807) is 0 Å². The van der Waals surface area contributed by atoms with Crippen molar-refractivity contribution in [2.45, 2.75) is 38.3 Å². The lowest BCUT2D eigenvalue weighted by atomic mass is 9.95. The SMILES string of the molecule is NCc1nccn1C1CC2CCC1C2. The Hall–Kier alpha value is -0.830. The first-order chi connectivity index (χ1) is 6.88. The average molecular weight is 191 g/mol. The maximum absolute atomic E-state index is 5.68. The number of nitrogens with zero attached hydrogens (tertiary/aromatic N) is 2. The van der Waals surface area contributed by atoms with E-state index in [1.807, 2.05) is 6.20 Å². The van der Waals surface area contributed by atoms with Gasteiger partial charge >= 0.3 is 0 Å². The summed E-state index contributed by atoms with van der Waals surface area (Å²) in [7, 11) is 0. The van der Waals surface area contributed by atoms with Gasteiger partial charge < -0.3 is 10.3 Å². The zero-order valence-corrected chi connectivity index (χ0v) is 8.39. The van der Waals surface area contributed by atoms with Gasteiger partial charge in [0, 0.05) is 18.4 Å². The maximum Gasteiger partial charge on any atom is 0.122 e. The lowest BCUT2D eigenvalue weighted by Gasteiger charge is -2.24. The van der Waals surface area contributed by atoms with Gasteiger partial charge in [-0.2, -0.15) is 0 Å². The van der Waals surface area contributed by atoms with Crippen LogP contribution in [0.2, 0.25) is 0 Å². The normalized spacial score (nSPS) is 35.4. The van der Waals surface area contributed by atoms with Crippen molar-refractivity contribution in [3.8, 4) is 0 Å². The van der Waals surface area contributed by atoms with E-state index in [1.165, 1.54) is 25.7 Å². The van der Waals surface area contributed by atoms with Crippen LogP contribution in [0.25, 0.3) is 0 Å². The summed E-state index contributed by atoms with van der Waals surface area (Å²) in [4.78, 5) is 4.30. The quantitative estimate of drug-likeness (QED) is 0.773. The van der Waals surface area contributed by atoms with E-state index in [0.717, 1.165) is 17.7 Å². The van der Waals surface area contributed by atoms with E-state index in [-0.39, 0.29) is 0 Å². The lowest BCUT2D eigenvalue weighted by Crippen LogP contribution is -2.19. The monoisotopic (exact) mass is 191 g/mol. The second-order valence-electron chi connectivity index (χ2n) is 4.70. The van der Waals surface area contributed by atoms with Crippen LogP contribution in [0.4, 0.5) is 0 Å². The van der Waals surface area contributed by atoms with Crippen molar-refractivity contribution >= 4 is 0 Å². The first-order valence-electron chi connectivity index (χ1n) is 5.60. The molecule has 0 saturated heterocycles. The Morgan fingerprint density at radius 2 is 2.36 bits per heavy atom. The summed E-state index contributed by atoms with van der Waals surface area (Å²) in [6.07, 6.45) is 9.65. The standard InChI is InChI=1S/C11H17N3/c12-7-11-13-3-4-14(11)10-6-8-1-2-9(10)5-8/h3-4,8-10H,1-2,5-7,12H2. The number of hydrogen-bond acceptors (Lipinski definition) is 2. The van der Waals surface area contributed by atoms with Crippen molar-refractivity contribution in [1.29, 1.82) is 0 Å². The topological polar surface area (TPSA) is 43.8 Å². The molecule has 2 saturated carbocycles. The highest BCUT2D eigenvalue weighted by molar-refractivity contribution is 5.01. The van der Waals surface area contributed by atoms with E-state index in [2.05, 4.69) is 15.7 Å². The Morgan fingerprint density at radius 3 is 3.00 bits per heavy atom. The summed E-state index contributed by atoms with van der Waals surface area (Å²) < 4.78 is 2.32. The number of aromatic nitrogens is 2. The van der Waals surface area contributed by atoms with Crippen molar-refractivity contribution < 1.29 is 0 Å². The van der Waals surface area contributed by atoms with Crippen LogP contribution in [0, 0.1) is 11.8 Å². The number of nitrogens with two attached hydrogens (primary N) is 1. The number of fused-ring (bicyclic) bond motifs is 2. The molecule has 1 aromatic rings. The minimum atomic E-state index is 0.570. The molecule has 3 heteroatoms. The van der Waals surface area contributed by atoms with Crippen LogP contribution in [-0.4, -0.2) is 9.55 Å². The lowest BCUT2D eigenvalue weighted by molar-refractivity contribution is 0.322. The molecule has 3 nitrogen and oxygen atoms in total. The first-order valence-corrected chi connectivity index (χ1v) is 5.60. The highest BCUT2D eigenvalue weighted by Gasteiger charge is 2.40. The Bertz CT molecular complexity index is 331. The molecule has 1 heterocycles. The summed E-state index contributed by atoms with van der Waals surface area (Å²) in [5, 5.41) is 0. The minimum absolute atomic E-state index is 0.570. The number of hydrogen-bond donors (Lipinski definition) is 1. The van der Waals surface area contributed by atoms with E-state index < -0.39 is 0 Å². The Morgan fingerprint density at radius 1 is 1.43 bits per heavy atom. The molecule has 0 spiro atoms. The van der Waals surface area contributed by atoms with Crippen LogP contribution in [-0.2, 0) is 6.54 Å². The molecule has 2 fully saturated rings. The zero-order chi connectivity index (χ0) is 9.54. The van der Waals surface area contributed by atoms with Crippen LogP contribution in [0.5, 0.6) is 0 Å². The predicted octanol–water partition coefficient (Wildman–Crippen LogP) is 1.70. The molecular formula is C11H17N3. The third kappa shape index (κ3) is 1.12. The third-order valence-corrected chi connectivity index (χ3v) is 3.99. The van der Waals surface area contributed by atoms with Crippen molar-refractivity contribution in [3.05, 3.63) is 18.2 Å². The fourth-order valence-corrected chi connectivity index (χ4v) is 3.36. The fraction of sp³-hybridized carbons (Fsp3) is 0.727. The molecule has 2 N–H and O–H groups in total. The molecule has 3 unspecified atom stereocenters. The minimum Gasteiger partial charge on any atom is -0.331 e. The molecule has 0 aliphatic heterocycles. The highest BCUT2D eigenvalue weighted by atomic mass is 15.1. The Labute approximate surface area is 84.3 Å². The van der Waals surface area contributed by atoms with Crippen LogP contribution in [0.15, 0.2) is 12.4 Å². The van der Waals surface area contributed by atoms with Crippen molar-refractivity contribution in [1.82, 2.24) is 9.55 Å². The predicted molar refractivity (Wildman–Crippen MR) is 54.6 cm³/mol. The molecule has 2 aliphatic rings. The van der Waals surface area contributed by atoms with Gasteiger partial charge in [-0.15, -0.1) is 0 Å². The summed E-state index contributed by atoms with van der Waals surface area (Å²) in [5.41, 5.74) is 5.68. The van der Waals surface area contributed by atoms with Crippen molar-refractivity contribution in [3.63, 3.8) is 0 Å². The van der Waals surface area contributed by atoms with Crippen molar-refractivity contribution in [2.75, 3.05) is 0 Å². The van der Waals surface area contributed by atoms with E-state index >= 15 is 0 Å². The van der Waals surface area contributed by atoms with E-state index in [0.29, 0.717) is 12.6 Å². The van der Waals surface area contributed by atoms with Gasteiger partial charge in [0.1, 0.15) is 5.82 Å². The van der Waals surface area contributed by atoms with Gasteiger partial charge in [0.15, 0.2) is 0 Å². The third-order valence-electron chi connectivity index (χ3n) is 3.99. The molecular weight excluding hydrogens is 174 g/mol.